The number of halogens is 4. The molecule has 1 saturated carbocycles. The summed E-state index contributed by atoms with van der Waals surface area (Å²) in [4.78, 5) is 10.7. The molecule has 17 heavy (non-hydrogen) atoms. The first-order valence-corrected chi connectivity index (χ1v) is 4.92. The van der Waals surface area contributed by atoms with Gasteiger partial charge in [0.2, 0.25) is 5.83 Å². The molecular weight excluding hydrogens is 240 g/mol. The van der Waals surface area contributed by atoms with E-state index in [4.69, 9.17) is 5.11 Å². The van der Waals surface area contributed by atoms with Crippen molar-refractivity contribution < 1.29 is 27.5 Å². The molecular formula is C11H12F4O2. The lowest BCUT2D eigenvalue weighted by molar-refractivity contribution is -0.139. The van der Waals surface area contributed by atoms with Gasteiger partial charge in [0.25, 0.3) is 0 Å². The molecule has 0 radical (unpaired) electrons. The van der Waals surface area contributed by atoms with Crippen molar-refractivity contribution in [2.45, 2.75) is 20.0 Å². The van der Waals surface area contributed by atoms with Gasteiger partial charge in [0.1, 0.15) is 0 Å². The summed E-state index contributed by atoms with van der Waals surface area (Å²) in [6.07, 6.45) is -2.48. The van der Waals surface area contributed by atoms with Crippen molar-refractivity contribution in [3.63, 3.8) is 0 Å². The number of alkyl halides is 3. The van der Waals surface area contributed by atoms with E-state index in [1.165, 1.54) is 6.08 Å². The average molecular weight is 252 g/mol. The van der Waals surface area contributed by atoms with E-state index < -0.39 is 29.3 Å². The lowest BCUT2D eigenvalue weighted by atomic mass is 10.1. The van der Waals surface area contributed by atoms with Gasteiger partial charge in [0.15, 0.2) is 0 Å². The van der Waals surface area contributed by atoms with Crippen LogP contribution in [0.4, 0.5) is 17.6 Å². The lowest BCUT2D eigenvalue weighted by Crippen LogP contribution is -2.07. The van der Waals surface area contributed by atoms with Crippen LogP contribution in [0.1, 0.15) is 13.8 Å². The highest BCUT2D eigenvalue weighted by Gasteiger charge is 2.60. The second kappa shape index (κ2) is 4.16. The Kier molecular flexibility index (Phi) is 3.36. The van der Waals surface area contributed by atoms with Crippen LogP contribution in [0, 0.1) is 17.3 Å². The first kappa shape index (κ1) is 13.7. The number of hydrogen-bond donors (Lipinski definition) is 1. The van der Waals surface area contributed by atoms with Gasteiger partial charge < -0.3 is 5.11 Å². The summed E-state index contributed by atoms with van der Waals surface area (Å²) in [6.45, 7) is 3.40. The summed E-state index contributed by atoms with van der Waals surface area (Å²) in [6, 6.07) is 0. The molecule has 0 amide bonds. The van der Waals surface area contributed by atoms with Gasteiger partial charge in [-0.3, -0.25) is 4.79 Å². The third-order valence-electron chi connectivity index (χ3n) is 3.01. The minimum Gasteiger partial charge on any atom is -0.481 e. The fraction of sp³-hybridized carbons (Fsp3) is 0.545. The number of carbonyl (C=O) groups is 1. The molecule has 1 aliphatic rings. The molecule has 2 atom stereocenters. The summed E-state index contributed by atoms with van der Waals surface area (Å²) in [5, 5.41) is 8.79. The summed E-state index contributed by atoms with van der Waals surface area (Å²) in [5.74, 6) is -4.18. The van der Waals surface area contributed by atoms with Crippen LogP contribution in [0.3, 0.4) is 0 Å². The van der Waals surface area contributed by atoms with Crippen LogP contribution in [0.25, 0.3) is 0 Å². The molecule has 96 valence electrons. The largest absolute Gasteiger partial charge is 0.481 e. The predicted octanol–water partition coefficient (Wildman–Crippen LogP) is 3.32. The number of carboxylic acid groups (broad SMARTS) is 1. The van der Waals surface area contributed by atoms with Gasteiger partial charge in [-0.15, -0.1) is 0 Å². The molecule has 6 heteroatoms. The zero-order chi connectivity index (χ0) is 13.4. The van der Waals surface area contributed by atoms with Crippen LogP contribution in [0.2, 0.25) is 0 Å². The molecule has 0 aromatic carbocycles. The molecule has 0 heterocycles. The maximum atomic E-state index is 12.4. The smallest absolute Gasteiger partial charge is 0.442 e. The molecule has 0 aliphatic heterocycles. The summed E-state index contributed by atoms with van der Waals surface area (Å²) < 4.78 is 47.7. The first-order valence-electron chi connectivity index (χ1n) is 4.92. The Balaban J connectivity index is 2.67. The normalized spacial score (nSPS) is 28.5. The molecule has 0 bridgehead atoms. The number of hydrogen-bond acceptors (Lipinski definition) is 1. The van der Waals surface area contributed by atoms with Crippen LogP contribution < -0.4 is 0 Å². The average Bonchev–Trinajstić information content (AvgIpc) is 2.66. The monoisotopic (exact) mass is 252 g/mol. The van der Waals surface area contributed by atoms with E-state index in [1.807, 2.05) is 0 Å². The van der Waals surface area contributed by atoms with Crippen molar-refractivity contribution in [3.8, 4) is 0 Å². The molecule has 1 fully saturated rings. The van der Waals surface area contributed by atoms with Crippen molar-refractivity contribution in [3.05, 3.63) is 24.1 Å². The third-order valence-corrected chi connectivity index (χ3v) is 3.01. The highest BCUT2D eigenvalue weighted by atomic mass is 19.4. The Morgan fingerprint density at radius 3 is 2.24 bits per heavy atom. The van der Waals surface area contributed by atoms with Crippen LogP contribution in [-0.2, 0) is 4.79 Å². The zero-order valence-corrected chi connectivity index (χ0v) is 9.25. The Morgan fingerprint density at radius 2 is 1.88 bits per heavy atom. The number of allylic oxidation sites excluding steroid dienone is 4. The van der Waals surface area contributed by atoms with Crippen molar-refractivity contribution in [1.29, 1.82) is 0 Å². The van der Waals surface area contributed by atoms with Crippen LogP contribution >= 0.6 is 0 Å². The van der Waals surface area contributed by atoms with Gasteiger partial charge in [-0.2, -0.15) is 13.2 Å². The van der Waals surface area contributed by atoms with Gasteiger partial charge in [-0.1, -0.05) is 26.0 Å². The highest BCUT2D eigenvalue weighted by molar-refractivity contribution is 5.76. The van der Waals surface area contributed by atoms with Crippen molar-refractivity contribution in [2.24, 2.45) is 17.3 Å². The lowest BCUT2D eigenvalue weighted by Gasteiger charge is -2.00. The van der Waals surface area contributed by atoms with Crippen LogP contribution in [0.15, 0.2) is 24.1 Å². The van der Waals surface area contributed by atoms with Gasteiger partial charge in [-0.05, 0) is 17.4 Å². The summed E-state index contributed by atoms with van der Waals surface area (Å²) >= 11 is 0. The molecule has 0 aromatic heterocycles. The third kappa shape index (κ3) is 2.87. The Labute approximate surface area is 95.6 Å². The molecule has 0 unspecified atom stereocenters. The Hall–Kier alpha value is -1.33. The number of aliphatic carboxylic acids is 1. The van der Waals surface area contributed by atoms with E-state index in [1.54, 1.807) is 13.8 Å². The summed E-state index contributed by atoms with van der Waals surface area (Å²) in [7, 11) is 0. The molecule has 1 N–H and O–H groups in total. The second-order valence-corrected chi connectivity index (χ2v) is 4.56. The van der Waals surface area contributed by atoms with Crippen LogP contribution in [-0.4, -0.2) is 17.3 Å². The van der Waals surface area contributed by atoms with Gasteiger partial charge in [-0.25, -0.2) is 4.39 Å². The van der Waals surface area contributed by atoms with E-state index in [0.29, 0.717) is 6.08 Å². The fourth-order valence-corrected chi connectivity index (χ4v) is 1.86. The van der Waals surface area contributed by atoms with E-state index in [0.717, 1.165) is 6.08 Å². The van der Waals surface area contributed by atoms with Crippen molar-refractivity contribution in [2.75, 3.05) is 0 Å². The van der Waals surface area contributed by atoms with Crippen molar-refractivity contribution >= 4 is 5.97 Å². The van der Waals surface area contributed by atoms with Crippen LogP contribution in [0.5, 0.6) is 0 Å². The maximum Gasteiger partial charge on any atom is 0.442 e. The molecule has 2 nitrogen and oxygen atoms in total. The quantitative estimate of drug-likeness (QED) is 0.618. The molecule has 0 spiro atoms. The van der Waals surface area contributed by atoms with E-state index in [9.17, 15) is 22.4 Å². The standard InChI is InChI=1S/C11H12F4O2/c1-10(2)6(8(10)9(16)17)4-3-5-7(12)11(13,14)15/h3-6,8H,1-2H3,(H,16,17)/b4-3+,7-5-/t6-,8+/m0/s1. The fourth-order valence-electron chi connectivity index (χ4n) is 1.86. The van der Waals surface area contributed by atoms with E-state index >= 15 is 0 Å². The van der Waals surface area contributed by atoms with E-state index in [-0.39, 0.29) is 5.92 Å². The first-order chi connectivity index (χ1) is 7.58. The maximum absolute atomic E-state index is 12.4. The van der Waals surface area contributed by atoms with Gasteiger partial charge in [0, 0.05) is 0 Å². The Bertz CT molecular complexity index is 379. The molecule has 0 aromatic rings. The molecule has 1 aliphatic carbocycles. The van der Waals surface area contributed by atoms with Gasteiger partial charge >= 0.3 is 12.1 Å². The predicted molar refractivity (Wildman–Crippen MR) is 52.8 cm³/mol. The highest BCUT2D eigenvalue weighted by Crippen LogP contribution is 2.59. The SMILES string of the molecule is CC1(C)[C@@H](/C=C/C=C(\F)C(F)(F)F)[C@@H]1C(=O)O. The number of rotatable bonds is 3. The Morgan fingerprint density at radius 1 is 1.35 bits per heavy atom. The second-order valence-electron chi connectivity index (χ2n) is 4.56. The van der Waals surface area contributed by atoms with Crippen molar-refractivity contribution in [1.82, 2.24) is 0 Å². The van der Waals surface area contributed by atoms with Gasteiger partial charge in [0.05, 0.1) is 5.92 Å². The van der Waals surface area contributed by atoms with E-state index in [2.05, 4.69) is 0 Å². The minimum absolute atomic E-state index is 0.299. The molecule has 1 rings (SSSR count). The molecule has 0 saturated heterocycles. The minimum atomic E-state index is -4.99. The zero-order valence-electron chi connectivity index (χ0n) is 9.25. The summed E-state index contributed by atoms with van der Waals surface area (Å²) in [5.41, 5.74) is -0.495. The number of carboxylic acids is 1. The topological polar surface area (TPSA) is 37.3 Å².